The van der Waals surface area contributed by atoms with Crippen molar-refractivity contribution in [3.63, 3.8) is 0 Å². The number of rotatable bonds is 4. The third-order valence-corrected chi connectivity index (χ3v) is 3.89. The number of nitrogens with zero attached hydrogens (tertiary/aromatic N) is 4. The molecule has 0 saturated carbocycles. The Morgan fingerprint density at radius 3 is 2.56 bits per heavy atom. The maximum atomic E-state index is 6.07. The molecule has 0 saturated heterocycles. The molecule has 7 heteroatoms. The van der Waals surface area contributed by atoms with Crippen molar-refractivity contribution in [3.05, 3.63) is 66.1 Å². The monoisotopic (exact) mass is 352 g/mol. The first kappa shape index (κ1) is 15.4. The number of fused-ring (bicyclic) bond motifs is 1. The highest BCUT2D eigenvalue weighted by Gasteiger charge is 2.13. The summed E-state index contributed by atoms with van der Waals surface area (Å²) in [7, 11) is 1.62. The molecule has 124 valence electrons. The number of benzene rings is 2. The van der Waals surface area contributed by atoms with E-state index in [1.54, 1.807) is 18.0 Å². The van der Waals surface area contributed by atoms with Gasteiger partial charge in [-0.1, -0.05) is 17.7 Å². The van der Waals surface area contributed by atoms with E-state index in [9.17, 15) is 0 Å². The van der Waals surface area contributed by atoms with Crippen LogP contribution in [0.4, 0.5) is 0 Å². The molecular formula is C18H13ClN4O2. The van der Waals surface area contributed by atoms with Crippen molar-refractivity contribution in [2.75, 3.05) is 7.11 Å². The zero-order valence-electron chi connectivity index (χ0n) is 13.3. The lowest BCUT2D eigenvalue weighted by molar-refractivity contribution is 0.412. The van der Waals surface area contributed by atoms with Crippen LogP contribution in [0, 0.1) is 0 Å². The van der Waals surface area contributed by atoms with E-state index in [2.05, 4.69) is 15.1 Å². The Balaban J connectivity index is 1.73. The second-order valence-corrected chi connectivity index (χ2v) is 5.67. The zero-order chi connectivity index (χ0) is 17.2. The van der Waals surface area contributed by atoms with E-state index in [4.69, 9.17) is 21.1 Å². The van der Waals surface area contributed by atoms with Crippen molar-refractivity contribution < 1.29 is 9.47 Å². The molecule has 0 bridgehead atoms. The molecule has 0 fully saturated rings. The molecule has 0 N–H and O–H groups in total. The van der Waals surface area contributed by atoms with Crippen molar-refractivity contribution in [3.8, 4) is 23.1 Å². The van der Waals surface area contributed by atoms with Crippen LogP contribution in [-0.2, 0) is 0 Å². The Bertz CT molecular complexity index is 1030. The number of aromatic nitrogens is 4. The summed E-state index contributed by atoms with van der Waals surface area (Å²) in [6.07, 6.45) is 3.12. The second kappa shape index (κ2) is 6.41. The van der Waals surface area contributed by atoms with Gasteiger partial charge in [-0.15, -0.1) is 0 Å². The summed E-state index contributed by atoms with van der Waals surface area (Å²) in [4.78, 5) is 8.55. The van der Waals surface area contributed by atoms with Crippen LogP contribution in [0.1, 0.15) is 0 Å². The fourth-order valence-corrected chi connectivity index (χ4v) is 2.64. The van der Waals surface area contributed by atoms with Gasteiger partial charge in [-0.3, -0.25) is 0 Å². The topological polar surface area (TPSA) is 62.1 Å². The summed E-state index contributed by atoms with van der Waals surface area (Å²) in [6, 6.07) is 14.7. The maximum absolute atomic E-state index is 6.07. The molecule has 0 radical (unpaired) electrons. The van der Waals surface area contributed by atoms with Crippen LogP contribution in [0.3, 0.4) is 0 Å². The third-order valence-electron chi connectivity index (χ3n) is 3.66. The Hall–Kier alpha value is -3.12. The molecule has 6 nitrogen and oxygen atoms in total. The molecule has 0 unspecified atom stereocenters. The van der Waals surface area contributed by atoms with Crippen LogP contribution < -0.4 is 9.47 Å². The molecule has 2 aromatic carbocycles. The van der Waals surface area contributed by atoms with Crippen molar-refractivity contribution in [2.24, 2.45) is 0 Å². The minimum absolute atomic E-state index is 0.434. The number of hydrogen-bond acceptors (Lipinski definition) is 5. The molecule has 0 atom stereocenters. The van der Waals surface area contributed by atoms with Crippen molar-refractivity contribution in [2.45, 2.75) is 0 Å². The predicted octanol–water partition coefficient (Wildman–Crippen LogP) is 4.27. The molecule has 0 amide bonds. The van der Waals surface area contributed by atoms with E-state index in [1.807, 2.05) is 48.5 Å². The van der Waals surface area contributed by atoms with Gasteiger partial charge in [-0.05, 0) is 42.5 Å². The Labute approximate surface area is 148 Å². The van der Waals surface area contributed by atoms with Gasteiger partial charge in [0.1, 0.15) is 23.2 Å². The minimum atomic E-state index is 0.434. The molecule has 0 spiro atoms. The van der Waals surface area contributed by atoms with Gasteiger partial charge in [0.05, 0.1) is 19.0 Å². The third kappa shape index (κ3) is 2.99. The van der Waals surface area contributed by atoms with E-state index in [0.717, 1.165) is 11.4 Å². The Morgan fingerprint density at radius 2 is 1.80 bits per heavy atom. The van der Waals surface area contributed by atoms with Gasteiger partial charge < -0.3 is 9.47 Å². The standard InChI is InChI=1S/C18H13ClN4O2/c1-24-14-5-7-15(8-6-14)25-18-16-10-22-23(17(16)20-11-21-18)13-4-2-3-12(19)9-13/h2-11H,1H3. The Kier molecular flexibility index (Phi) is 3.95. The van der Waals surface area contributed by atoms with E-state index in [1.165, 1.54) is 6.33 Å². The first-order chi connectivity index (χ1) is 12.2. The van der Waals surface area contributed by atoms with E-state index in [0.29, 0.717) is 27.7 Å². The van der Waals surface area contributed by atoms with Gasteiger partial charge in [0.15, 0.2) is 5.65 Å². The summed E-state index contributed by atoms with van der Waals surface area (Å²) < 4.78 is 12.7. The predicted molar refractivity (Wildman–Crippen MR) is 94.7 cm³/mol. The van der Waals surface area contributed by atoms with Gasteiger partial charge in [-0.25, -0.2) is 14.6 Å². The second-order valence-electron chi connectivity index (χ2n) is 5.23. The molecule has 4 rings (SSSR count). The van der Waals surface area contributed by atoms with Crippen molar-refractivity contribution in [1.29, 1.82) is 0 Å². The highest BCUT2D eigenvalue weighted by molar-refractivity contribution is 6.30. The zero-order valence-corrected chi connectivity index (χ0v) is 14.0. The number of ether oxygens (including phenoxy) is 2. The molecule has 0 aliphatic rings. The summed E-state index contributed by atoms with van der Waals surface area (Å²) in [5, 5.41) is 5.73. The SMILES string of the molecule is COc1ccc(Oc2ncnc3c2cnn3-c2cccc(Cl)c2)cc1. The lowest BCUT2D eigenvalue weighted by Gasteiger charge is -2.07. The maximum Gasteiger partial charge on any atom is 0.233 e. The van der Waals surface area contributed by atoms with E-state index < -0.39 is 0 Å². The summed E-state index contributed by atoms with van der Waals surface area (Å²) in [5.74, 6) is 1.84. The summed E-state index contributed by atoms with van der Waals surface area (Å²) >= 11 is 6.07. The summed E-state index contributed by atoms with van der Waals surface area (Å²) in [6.45, 7) is 0. The lowest BCUT2D eigenvalue weighted by atomic mass is 10.3. The highest BCUT2D eigenvalue weighted by atomic mass is 35.5. The van der Waals surface area contributed by atoms with Crippen LogP contribution in [0.15, 0.2) is 61.1 Å². The first-order valence-electron chi connectivity index (χ1n) is 7.51. The molecule has 2 heterocycles. The minimum Gasteiger partial charge on any atom is -0.497 e. The normalized spacial score (nSPS) is 10.8. The largest absolute Gasteiger partial charge is 0.497 e. The van der Waals surface area contributed by atoms with Gasteiger partial charge in [0.25, 0.3) is 0 Å². The fourth-order valence-electron chi connectivity index (χ4n) is 2.46. The molecule has 25 heavy (non-hydrogen) atoms. The lowest BCUT2D eigenvalue weighted by Crippen LogP contribution is -1.98. The van der Waals surface area contributed by atoms with Gasteiger partial charge in [0, 0.05) is 5.02 Å². The molecule has 0 aliphatic carbocycles. The molecule has 4 aromatic rings. The van der Waals surface area contributed by atoms with Crippen LogP contribution in [0.5, 0.6) is 17.4 Å². The van der Waals surface area contributed by atoms with Gasteiger partial charge in [0.2, 0.25) is 5.88 Å². The van der Waals surface area contributed by atoms with E-state index >= 15 is 0 Å². The summed E-state index contributed by atoms with van der Waals surface area (Å²) in [5.41, 5.74) is 1.46. The van der Waals surface area contributed by atoms with Crippen molar-refractivity contribution >= 4 is 22.6 Å². The van der Waals surface area contributed by atoms with Crippen LogP contribution in [-0.4, -0.2) is 26.9 Å². The Morgan fingerprint density at radius 1 is 1.00 bits per heavy atom. The van der Waals surface area contributed by atoms with Crippen LogP contribution in [0.25, 0.3) is 16.7 Å². The average molecular weight is 353 g/mol. The van der Waals surface area contributed by atoms with Crippen LogP contribution in [0.2, 0.25) is 5.02 Å². The number of halogens is 1. The highest BCUT2D eigenvalue weighted by Crippen LogP contribution is 2.29. The smallest absolute Gasteiger partial charge is 0.233 e. The van der Waals surface area contributed by atoms with E-state index in [-0.39, 0.29) is 0 Å². The quantitative estimate of drug-likeness (QED) is 0.549. The first-order valence-corrected chi connectivity index (χ1v) is 7.89. The molecular weight excluding hydrogens is 340 g/mol. The fraction of sp³-hybridized carbons (Fsp3) is 0.0556. The van der Waals surface area contributed by atoms with Gasteiger partial charge in [-0.2, -0.15) is 5.10 Å². The molecule has 0 aliphatic heterocycles. The van der Waals surface area contributed by atoms with Crippen LogP contribution >= 0.6 is 11.6 Å². The molecule has 2 aromatic heterocycles. The average Bonchev–Trinajstić information content (AvgIpc) is 3.07. The van der Waals surface area contributed by atoms with Crippen molar-refractivity contribution in [1.82, 2.24) is 19.7 Å². The number of methoxy groups -OCH3 is 1. The number of hydrogen-bond donors (Lipinski definition) is 0. The van der Waals surface area contributed by atoms with Gasteiger partial charge >= 0.3 is 0 Å².